The third kappa shape index (κ3) is 1.60. The molecular weight excluding hydrogens is 212 g/mol. The van der Waals surface area contributed by atoms with Crippen molar-refractivity contribution in [2.75, 3.05) is 0 Å². The zero-order valence-electron chi connectivity index (χ0n) is 9.51. The van der Waals surface area contributed by atoms with Crippen molar-refractivity contribution in [3.05, 3.63) is 47.3 Å². The maximum atomic E-state index is 6.03. The van der Waals surface area contributed by atoms with Crippen LogP contribution in [0.25, 0.3) is 5.70 Å². The molecule has 2 aliphatic heterocycles. The van der Waals surface area contributed by atoms with E-state index in [2.05, 4.69) is 15.0 Å². The van der Waals surface area contributed by atoms with Crippen LogP contribution in [0.1, 0.15) is 11.3 Å². The van der Waals surface area contributed by atoms with E-state index in [-0.39, 0.29) is 6.17 Å². The fourth-order valence-corrected chi connectivity index (χ4v) is 2.08. The van der Waals surface area contributed by atoms with Crippen molar-refractivity contribution in [2.24, 2.45) is 5.73 Å². The van der Waals surface area contributed by atoms with Crippen LogP contribution in [0, 0.1) is 6.92 Å². The topological polar surface area (TPSA) is 65.0 Å². The minimum atomic E-state index is -0.263. The van der Waals surface area contributed by atoms with Gasteiger partial charge in [0.05, 0.1) is 17.0 Å². The lowest BCUT2D eigenvalue weighted by atomic mass is 10.0. The van der Waals surface area contributed by atoms with E-state index in [9.17, 15) is 0 Å². The second kappa shape index (κ2) is 3.70. The molecule has 1 unspecified atom stereocenters. The van der Waals surface area contributed by atoms with Crippen LogP contribution in [-0.2, 0) is 0 Å². The number of allylic oxidation sites excluding steroid dienone is 2. The average molecular weight is 225 g/mol. The molecule has 84 valence electrons. The summed E-state index contributed by atoms with van der Waals surface area (Å²) < 4.78 is 4.24. The highest BCUT2D eigenvalue weighted by Crippen LogP contribution is 2.20. The monoisotopic (exact) mass is 225 g/mol. The first-order valence-electron chi connectivity index (χ1n) is 5.53. The van der Waals surface area contributed by atoms with Crippen molar-refractivity contribution in [3.63, 3.8) is 0 Å². The first-order valence-corrected chi connectivity index (χ1v) is 5.53. The Morgan fingerprint density at radius 2 is 2.35 bits per heavy atom. The van der Waals surface area contributed by atoms with Crippen LogP contribution in [0.3, 0.4) is 0 Å². The number of fused-ring (bicyclic) bond motifs is 1. The molecule has 0 aliphatic carbocycles. The summed E-state index contributed by atoms with van der Waals surface area (Å²) in [5, 5.41) is 3.23. The lowest BCUT2D eigenvalue weighted by Gasteiger charge is -2.19. The molecule has 0 spiro atoms. The predicted molar refractivity (Wildman–Crippen MR) is 69.4 cm³/mol. The van der Waals surface area contributed by atoms with E-state index in [1.807, 2.05) is 31.2 Å². The second-order valence-electron chi connectivity index (χ2n) is 4.13. The highest BCUT2D eigenvalue weighted by molar-refractivity contribution is 6.14. The number of nitrogens with one attached hydrogen (secondary N) is 1. The first-order chi connectivity index (χ1) is 8.25. The molecule has 3 rings (SSSR count). The molecule has 1 atom stereocenters. The molecule has 0 saturated heterocycles. The van der Waals surface area contributed by atoms with Gasteiger partial charge in [-0.3, -0.25) is 4.98 Å². The summed E-state index contributed by atoms with van der Waals surface area (Å²) in [5.41, 5.74) is 11.0. The summed E-state index contributed by atoms with van der Waals surface area (Å²) in [6.07, 6.45) is 7.31. The van der Waals surface area contributed by atoms with Crippen LogP contribution in [0.4, 0.5) is 0 Å². The Kier molecular flexibility index (Phi) is 2.18. The number of nitrogens with two attached hydrogens (primary N) is 1. The lowest BCUT2D eigenvalue weighted by Crippen LogP contribution is -2.47. The number of aromatic nitrogens is 1. The van der Waals surface area contributed by atoms with Crippen LogP contribution < -0.4 is 15.7 Å². The summed E-state index contributed by atoms with van der Waals surface area (Å²) in [5.74, 6) is 0. The Hall–Kier alpha value is -2.16. The lowest BCUT2D eigenvalue weighted by molar-refractivity contribution is 0.775. The number of hydrogen-bond acceptors (Lipinski definition) is 3. The van der Waals surface area contributed by atoms with Gasteiger partial charge in [0.1, 0.15) is 0 Å². The molecule has 0 fully saturated rings. The largest absolute Gasteiger partial charge is 0.358 e. The number of rotatable bonds is 1. The quantitative estimate of drug-likeness (QED) is 0.668. The van der Waals surface area contributed by atoms with Gasteiger partial charge in [0.25, 0.3) is 6.21 Å². The van der Waals surface area contributed by atoms with Gasteiger partial charge in [-0.05, 0) is 24.6 Å². The maximum absolute atomic E-state index is 6.03. The van der Waals surface area contributed by atoms with E-state index in [0.29, 0.717) is 0 Å². The van der Waals surface area contributed by atoms with Crippen molar-refractivity contribution in [2.45, 2.75) is 13.1 Å². The van der Waals surface area contributed by atoms with Crippen molar-refractivity contribution in [1.82, 2.24) is 15.0 Å². The summed E-state index contributed by atoms with van der Waals surface area (Å²) in [6.45, 7) is 2.04. The summed E-state index contributed by atoms with van der Waals surface area (Å²) in [6, 6.07) is 3.97. The maximum Gasteiger partial charge on any atom is 0.347 e. The molecular formula is C13H13N4+. The number of aryl methyl sites for hydroxylation is 1. The molecule has 2 aliphatic rings. The van der Waals surface area contributed by atoms with E-state index >= 15 is 0 Å². The highest BCUT2D eigenvalue weighted by atomic mass is 15.1. The van der Waals surface area contributed by atoms with Crippen molar-refractivity contribution < 1.29 is 0 Å². The van der Waals surface area contributed by atoms with Gasteiger partial charge in [0.2, 0.25) is 0 Å². The van der Waals surface area contributed by atoms with Crippen molar-refractivity contribution in [1.29, 1.82) is 0 Å². The fraction of sp³-hybridized carbons (Fsp3) is 0.154. The number of pyridine rings is 1. The molecule has 4 heteroatoms. The SMILES string of the molecule is Cc1cccnc1C1=CC2=CC=[N+]=C2C(N)N1. The molecule has 1 aromatic rings. The molecule has 1 aromatic heterocycles. The Labute approximate surface area is 99.3 Å². The molecule has 4 nitrogen and oxygen atoms in total. The second-order valence-corrected chi connectivity index (χ2v) is 4.13. The van der Waals surface area contributed by atoms with Crippen LogP contribution in [0.5, 0.6) is 0 Å². The van der Waals surface area contributed by atoms with Crippen LogP contribution in [-0.4, -0.2) is 23.1 Å². The third-order valence-electron chi connectivity index (χ3n) is 2.93. The molecule has 3 heterocycles. The van der Waals surface area contributed by atoms with E-state index < -0.39 is 0 Å². The predicted octanol–water partition coefficient (Wildman–Crippen LogP) is 0.138. The van der Waals surface area contributed by atoms with Gasteiger partial charge >= 0.3 is 5.71 Å². The standard InChI is InChI=1S/C13H12N4/c1-8-3-2-5-15-11(8)10-7-9-4-6-16-12(9)13(14)17-10/h2-7,13H,14H2,1H3/p+1. The minimum absolute atomic E-state index is 0.263. The molecule has 3 N–H and O–H groups in total. The third-order valence-corrected chi connectivity index (χ3v) is 2.93. The summed E-state index contributed by atoms with van der Waals surface area (Å²) in [7, 11) is 0. The molecule has 17 heavy (non-hydrogen) atoms. The number of hydrogen-bond donors (Lipinski definition) is 2. The van der Waals surface area contributed by atoms with Gasteiger partial charge in [-0.1, -0.05) is 10.7 Å². The molecule has 0 bridgehead atoms. The van der Waals surface area contributed by atoms with Crippen LogP contribution in [0.15, 0.2) is 36.1 Å². The molecule has 0 amide bonds. The smallest absolute Gasteiger partial charge is 0.347 e. The van der Waals surface area contributed by atoms with Crippen LogP contribution >= 0.6 is 0 Å². The minimum Gasteiger partial charge on any atom is -0.358 e. The Morgan fingerprint density at radius 3 is 3.18 bits per heavy atom. The van der Waals surface area contributed by atoms with E-state index in [0.717, 1.165) is 28.2 Å². The summed E-state index contributed by atoms with van der Waals surface area (Å²) >= 11 is 0. The van der Waals surface area contributed by atoms with E-state index in [1.54, 1.807) is 12.4 Å². The molecule has 0 aromatic carbocycles. The summed E-state index contributed by atoms with van der Waals surface area (Å²) in [4.78, 5) is 4.39. The van der Waals surface area contributed by atoms with Crippen LogP contribution in [0.2, 0.25) is 0 Å². The van der Waals surface area contributed by atoms with Gasteiger partial charge in [0.15, 0.2) is 6.17 Å². The van der Waals surface area contributed by atoms with E-state index in [4.69, 9.17) is 5.73 Å². The Bertz CT molecular complexity index is 604. The van der Waals surface area contributed by atoms with Gasteiger partial charge in [-0.15, -0.1) is 0 Å². The van der Waals surface area contributed by atoms with Gasteiger partial charge in [0, 0.05) is 12.3 Å². The van der Waals surface area contributed by atoms with Crippen molar-refractivity contribution >= 4 is 17.6 Å². The molecule has 0 radical (unpaired) electrons. The number of nitrogens with zero attached hydrogens (tertiary/aromatic N) is 2. The average Bonchev–Trinajstić information content (AvgIpc) is 2.78. The fourth-order valence-electron chi connectivity index (χ4n) is 2.08. The Balaban J connectivity index is 2.07. The van der Waals surface area contributed by atoms with Gasteiger partial charge in [-0.25, -0.2) is 0 Å². The Morgan fingerprint density at radius 1 is 1.47 bits per heavy atom. The highest BCUT2D eigenvalue weighted by Gasteiger charge is 2.32. The van der Waals surface area contributed by atoms with Gasteiger partial charge in [-0.2, -0.15) is 0 Å². The molecule has 0 saturated carbocycles. The van der Waals surface area contributed by atoms with E-state index in [1.165, 1.54) is 0 Å². The van der Waals surface area contributed by atoms with Crippen molar-refractivity contribution in [3.8, 4) is 0 Å². The zero-order valence-corrected chi connectivity index (χ0v) is 9.51. The zero-order chi connectivity index (χ0) is 11.8. The first kappa shape index (κ1) is 10.0. The normalized spacial score (nSPS) is 21.3. The van der Waals surface area contributed by atoms with Gasteiger partial charge < -0.3 is 11.1 Å².